The number of halogens is 2. The molecule has 0 aromatic heterocycles. The summed E-state index contributed by atoms with van der Waals surface area (Å²) in [6, 6.07) is 9.80. The molecule has 138 valence electrons. The number of amides is 1. The number of primary sulfonamides is 1. The lowest BCUT2D eigenvalue weighted by Crippen LogP contribution is -2.30. The van der Waals surface area contributed by atoms with Crippen LogP contribution in [-0.4, -0.2) is 26.4 Å². The van der Waals surface area contributed by atoms with Crippen LogP contribution in [0.5, 0.6) is 0 Å². The molecule has 1 atom stereocenters. The summed E-state index contributed by atoms with van der Waals surface area (Å²) in [6.07, 6.45) is -1.17. The van der Waals surface area contributed by atoms with Gasteiger partial charge in [0, 0.05) is 5.69 Å². The minimum atomic E-state index is -3.91. The Kier molecular flexibility index (Phi) is 6.25. The number of carbonyl (C=O) groups is 2. The molecule has 0 aliphatic carbocycles. The predicted octanol–water partition coefficient (Wildman–Crippen LogP) is 2.82. The van der Waals surface area contributed by atoms with Gasteiger partial charge < -0.3 is 10.1 Å². The van der Waals surface area contributed by atoms with Crippen LogP contribution >= 0.6 is 23.2 Å². The Morgan fingerprint density at radius 1 is 1.15 bits per heavy atom. The van der Waals surface area contributed by atoms with Gasteiger partial charge in [-0.2, -0.15) is 0 Å². The fourth-order valence-electron chi connectivity index (χ4n) is 1.93. The van der Waals surface area contributed by atoms with Crippen molar-refractivity contribution in [2.45, 2.75) is 17.9 Å². The molecule has 26 heavy (non-hydrogen) atoms. The Labute approximate surface area is 160 Å². The lowest BCUT2D eigenvalue weighted by molar-refractivity contribution is -0.123. The normalized spacial score (nSPS) is 12.3. The number of rotatable bonds is 5. The second kappa shape index (κ2) is 8.05. The summed E-state index contributed by atoms with van der Waals surface area (Å²) in [4.78, 5) is 24.1. The van der Waals surface area contributed by atoms with Gasteiger partial charge in [0.1, 0.15) is 0 Å². The number of ether oxygens (including phenoxy) is 1. The second-order valence-corrected chi connectivity index (χ2v) is 7.56. The molecule has 0 radical (unpaired) electrons. The van der Waals surface area contributed by atoms with Crippen LogP contribution in [0.1, 0.15) is 17.3 Å². The van der Waals surface area contributed by atoms with Crippen LogP contribution in [0, 0.1) is 0 Å². The molecule has 0 saturated heterocycles. The zero-order valence-electron chi connectivity index (χ0n) is 13.4. The SMILES string of the molecule is CC(OC(=O)c1cccc(Cl)c1Cl)C(=O)Nc1cccc(S(N)(=O)=O)c1. The van der Waals surface area contributed by atoms with Crippen LogP contribution in [0.3, 0.4) is 0 Å². The van der Waals surface area contributed by atoms with Gasteiger partial charge in [-0.25, -0.2) is 18.4 Å². The third-order valence-corrected chi connectivity index (χ3v) is 4.98. The van der Waals surface area contributed by atoms with Gasteiger partial charge >= 0.3 is 5.97 Å². The van der Waals surface area contributed by atoms with Crippen molar-refractivity contribution >= 4 is 50.8 Å². The molecule has 0 aliphatic rings. The van der Waals surface area contributed by atoms with Gasteiger partial charge in [-0.15, -0.1) is 0 Å². The fourth-order valence-corrected chi connectivity index (χ4v) is 2.87. The van der Waals surface area contributed by atoms with Crippen molar-refractivity contribution in [1.82, 2.24) is 0 Å². The Balaban J connectivity index is 2.08. The molecule has 0 heterocycles. The molecule has 0 spiro atoms. The Hall–Kier alpha value is -2.13. The number of benzene rings is 2. The van der Waals surface area contributed by atoms with E-state index in [1.165, 1.54) is 49.4 Å². The maximum absolute atomic E-state index is 12.2. The van der Waals surface area contributed by atoms with Gasteiger partial charge in [0.15, 0.2) is 6.10 Å². The van der Waals surface area contributed by atoms with Gasteiger partial charge in [-0.3, -0.25) is 4.79 Å². The van der Waals surface area contributed by atoms with Gasteiger partial charge in [-0.1, -0.05) is 35.3 Å². The van der Waals surface area contributed by atoms with E-state index < -0.39 is 28.0 Å². The van der Waals surface area contributed by atoms with Gasteiger partial charge in [-0.05, 0) is 37.3 Å². The number of hydrogen-bond acceptors (Lipinski definition) is 5. The summed E-state index contributed by atoms with van der Waals surface area (Å²) in [5, 5.41) is 7.68. The molecule has 2 aromatic carbocycles. The standard InChI is InChI=1S/C16H14Cl2N2O5S/c1-9(25-16(22)12-6-3-7-13(17)14(12)18)15(21)20-10-4-2-5-11(8-10)26(19,23)24/h2-9H,1H3,(H,20,21)(H2,19,23,24). The summed E-state index contributed by atoms with van der Waals surface area (Å²) >= 11 is 11.8. The monoisotopic (exact) mass is 416 g/mol. The van der Waals surface area contributed by atoms with Crippen LogP contribution in [0.4, 0.5) is 5.69 Å². The largest absolute Gasteiger partial charge is 0.449 e. The minimum absolute atomic E-state index is 0.0210. The highest BCUT2D eigenvalue weighted by molar-refractivity contribution is 7.89. The maximum atomic E-state index is 12.2. The van der Waals surface area contributed by atoms with E-state index in [9.17, 15) is 18.0 Å². The van der Waals surface area contributed by atoms with E-state index in [1.807, 2.05) is 0 Å². The first kappa shape index (κ1) is 20.2. The third-order valence-electron chi connectivity index (χ3n) is 3.25. The van der Waals surface area contributed by atoms with Crippen molar-refractivity contribution in [2.24, 2.45) is 5.14 Å². The molecule has 0 saturated carbocycles. The van der Waals surface area contributed by atoms with Crippen molar-refractivity contribution in [3.8, 4) is 0 Å². The lowest BCUT2D eigenvalue weighted by atomic mass is 10.2. The van der Waals surface area contributed by atoms with Gasteiger partial charge in [0.05, 0.1) is 20.5 Å². The molecule has 7 nitrogen and oxygen atoms in total. The van der Waals surface area contributed by atoms with Crippen molar-refractivity contribution < 1.29 is 22.7 Å². The summed E-state index contributed by atoms with van der Waals surface area (Å²) in [5.41, 5.74) is 0.209. The molecular formula is C16H14Cl2N2O5S. The van der Waals surface area contributed by atoms with Crippen molar-refractivity contribution in [3.05, 3.63) is 58.1 Å². The number of hydrogen-bond donors (Lipinski definition) is 2. The maximum Gasteiger partial charge on any atom is 0.340 e. The Morgan fingerprint density at radius 2 is 1.81 bits per heavy atom. The van der Waals surface area contributed by atoms with E-state index in [1.54, 1.807) is 0 Å². The average Bonchev–Trinajstić information content (AvgIpc) is 2.56. The molecule has 0 bridgehead atoms. The van der Waals surface area contributed by atoms with Gasteiger partial charge in [0.25, 0.3) is 5.91 Å². The first-order valence-electron chi connectivity index (χ1n) is 7.18. The first-order valence-corrected chi connectivity index (χ1v) is 9.48. The zero-order valence-corrected chi connectivity index (χ0v) is 15.7. The van der Waals surface area contributed by atoms with Crippen LogP contribution in [-0.2, 0) is 19.6 Å². The average molecular weight is 417 g/mol. The van der Waals surface area contributed by atoms with E-state index in [0.29, 0.717) is 0 Å². The summed E-state index contributed by atoms with van der Waals surface area (Å²) in [6.45, 7) is 1.36. The van der Waals surface area contributed by atoms with Crippen molar-refractivity contribution in [2.75, 3.05) is 5.32 Å². The zero-order chi connectivity index (χ0) is 19.5. The fraction of sp³-hybridized carbons (Fsp3) is 0.125. The lowest BCUT2D eigenvalue weighted by Gasteiger charge is -2.14. The van der Waals surface area contributed by atoms with E-state index in [2.05, 4.69) is 5.32 Å². The smallest absolute Gasteiger partial charge is 0.340 e. The number of nitrogens with one attached hydrogen (secondary N) is 1. The van der Waals surface area contributed by atoms with E-state index in [4.69, 9.17) is 33.1 Å². The topological polar surface area (TPSA) is 116 Å². The highest BCUT2D eigenvalue weighted by Gasteiger charge is 2.22. The number of sulfonamides is 1. The Bertz CT molecular complexity index is 963. The molecule has 1 amide bonds. The second-order valence-electron chi connectivity index (χ2n) is 5.21. The van der Waals surface area contributed by atoms with Gasteiger partial charge in [0.2, 0.25) is 10.0 Å². The first-order chi connectivity index (χ1) is 12.1. The number of esters is 1. The third kappa shape index (κ3) is 4.95. The van der Waals surface area contributed by atoms with E-state index >= 15 is 0 Å². The van der Waals surface area contributed by atoms with Crippen LogP contribution in [0.25, 0.3) is 0 Å². The molecule has 1 unspecified atom stereocenters. The van der Waals surface area contributed by atoms with E-state index in [0.717, 1.165) is 0 Å². The minimum Gasteiger partial charge on any atom is -0.449 e. The van der Waals surface area contributed by atoms with Crippen LogP contribution in [0.15, 0.2) is 47.4 Å². The summed E-state index contributed by atoms with van der Waals surface area (Å²) in [7, 11) is -3.91. The molecule has 0 fully saturated rings. The molecule has 2 aromatic rings. The molecule has 3 N–H and O–H groups in total. The van der Waals surface area contributed by atoms with Crippen LogP contribution in [0.2, 0.25) is 10.0 Å². The van der Waals surface area contributed by atoms with Crippen LogP contribution < -0.4 is 10.5 Å². The highest BCUT2D eigenvalue weighted by Crippen LogP contribution is 2.26. The Morgan fingerprint density at radius 3 is 2.46 bits per heavy atom. The quantitative estimate of drug-likeness (QED) is 0.726. The predicted molar refractivity (Wildman–Crippen MR) is 97.8 cm³/mol. The highest BCUT2D eigenvalue weighted by atomic mass is 35.5. The van der Waals surface area contributed by atoms with E-state index in [-0.39, 0.29) is 26.2 Å². The van der Waals surface area contributed by atoms with Crippen molar-refractivity contribution in [3.63, 3.8) is 0 Å². The molecule has 0 aliphatic heterocycles. The molecule has 2 rings (SSSR count). The number of nitrogens with two attached hydrogens (primary N) is 1. The molecule has 10 heteroatoms. The molecular weight excluding hydrogens is 403 g/mol. The number of carbonyl (C=O) groups excluding carboxylic acids is 2. The summed E-state index contributed by atoms with van der Waals surface area (Å²) < 4.78 is 27.7. The number of anilines is 1. The van der Waals surface area contributed by atoms with Crippen molar-refractivity contribution in [1.29, 1.82) is 0 Å². The summed E-state index contributed by atoms with van der Waals surface area (Å²) in [5.74, 6) is -1.48.